The number of piperazine rings is 1. The van der Waals surface area contributed by atoms with Crippen molar-refractivity contribution >= 4 is 16.9 Å². The Labute approximate surface area is 153 Å². The third-order valence-electron chi connectivity index (χ3n) is 5.33. The van der Waals surface area contributed by atoms with Gasteiger partial charge in [0.15, 0.2) is 5.76 Å². The molecule has 2 aromatic rings. The minimum atomic E-state index is -0.0370. The SMILES string of the molecule is COCc1c(C(=O)N2CCN(CC3CCCO3)CC2)oc2ccccc12. The molecule has 1 aromatic carbocycles. The Morgan fingerprint density at radius 1 is 1.23 bits per heavy atom. The van der Waals surface area contributed by atoms with E-state index in [1.165, 1.54) is 0 Å². The number of carbonyl (C=O) groups is 1. The smallest absolute Gasteiger partial charge is 0.290 e. The van der Waals surface area contributed by atoms with Crippen molar-refractivity contribution in [2.24, 2.45) is 0 Å². The van der Waals surface area contributed by atoms with E-state index in [0.717, 1.165) is 68.7 Å². The summed E-state index contributed by atoms with van der Waals surface area (Å²) in [6.07, 6.45) is 2.68. The molecule has 1 amide bonds. The summed E-state index contributed by atoms with van der Waals surface area (Å²) < 4.78 is 16.9. The van der Waals surface area contributed by atoms with Crippen molar-refractivity contribution in [2.75, 3.05) is 46.4 Å². The molecule has 6 nitrogen and oxygen atoms in total. The number of methoxy groups -OCH3 is 1. The van der Waals surface area contributed by atoms with Crippen LogP contribution >= 0.6 is 0 Å². The second-order valence-electron chi connectivity index (χ2n) is 7.07. The highest BCUT2D eigenvalue weighted by molar-refractivity contribution is 5.99. The zero-order valence-corrected chi connectivity index (χ0v) is 15.3. The fourth-order valence-corrected chi connectivity index (χ4v) is 3.91. The van der Waals surface area contributed by atoms with Gasteiger partial charge in [0.2, 0.25) is 0 Å². The first-order valence-electron chi connectivity index (χ1n) is 9.39. The molecule has 0 spiro atoms. The van der Waals surface area contributed by atoms with E-state index in [1.807, 2.05) is 29.2 Å². The van der Waals surface area contributed by atoms with E-state index in [1.54, 1.807) is 7.11 Å². The lowest BCUT2D eigenvalue weighted by Gasteiger charge is -2.35. The number of fused-ring (bicyclic) bond motifs is 1. The number of ether oxygens (including phenoxy) is 2. The summed E-state index contributed by atoms with van der Waals surface area (Å²) in [5.74, 6) is 0.380. The maximum Gasteiger partial charge on any atom is 0.290 e. The quantitative estimate of drug-likeness (QED) is 0.822. The molecule has 4 rings (SSSR count). The first kappa shape index (κ1) is 17.5. The molecule has 2 saturated heterocycles. The number of carbonyl (C=O) groups excluding carboxylic acids is 1. The van der Waals surface area contributed by atoms with Crippen molar-refractivity contribution in [2.45, 2.75) is 25.6 Å². The van der Waals surface area contributed by atoms with E-state index in [0.29, 0.717) is 18.5 Å². The summed E-state index contributed by atoms with van der Waals surface area (Å²) in [6, 6.07) is 7.74. The number of hydrogen-bond donors (Lipinski definition) is 0. The molecule has 2 aliphatic rings. The summed E-state index contributed by atoms with van der Waals surface area (Å²) in [6.45, 7) is 5.43. The van der Waals surface area contributed by atoms with Crippen LogP contribution in [0.1, 0.15) is 29.0 Å². The highest BCUT2D eigenvalue weighted by Crippen LogP contribution is 2.28. The van der Waals surface area contributed by atoms with E-state index in [-0.39, 0.29) is 5.91 Å². The molecule has 0 radical (unpaired) electrons. The first-order valence-corrected chi connectivity index (χ1v) is 9.39. The van der Waals surface area contributed by atoms with E-state index in [9.17, 15) is 4.79 Å². The Hall–Kier alpha value is -1.89. The van der Waals surface area contributed by atoms with Gasteiger partial charge in [-0.1, -0.05) is 18.2 Å². The van der Waals surface area contributed by atoms with E-state index in [2.05, 4.69) is 4.90 Å². The van der Waals surface area contributed by atoms with Gasteiger partial charge < -0.3 is 18.8 Å². The molecule has 0 aliphatic carbocycles. The van der Waals surface area contributed by atoms with Crippen LogP contribution in [0.3, 0.4) is 0 Å². The molecule has 2 aliphatic heterocycles. The molecule has 0 saturated carbocycles. The minimum Gasteiger partial charge on any atom is -0.451 e. The van der Waals surface area contributed by atoms with Gasteiger partial charge in [0, 0.05) is 57.4 Å². The van der Waals surface area contributed by atoms with Gasteiger partial charge in [-0.3, -0.25) is 9.69 Å². The molecule has 26 heavy (non-hydrogen) atoms. The normalized spacial score (nSPS) is 21.6. The van der Waals surface area contributed by atoms with Crippen molar-refractivity contribution in [1.82, 2.24) is 9.80 Å². The standard InChI is InChI=1S/C20H26N2O4/c1-24-14-17-16-6-2-3-7-18(16)26-19(17)20(23)22-10-8-21(9-11-22)13-15-5-4-12-25-15/h2-3,6-7,15H,4-5,8-14H2,1H3. The van der Waals surface area contributed by atoms with Crippen molar-refractivity contribution in [3.05, 3.63) is 35.6 Å². The van der Waals surface area contributed by atoms with Crippen molar-refractivity contribution in [3.63, 3.8) is 0 Å². The molecule has 140 valence electrons. The van der Waals surface area contributed by atoms with Crippen LogP contribution in [-0.2, 0) is 16.1 Å². The Morgan fingerprint density at radius 2 is 2.04 bits per heavy atom. The number of hydrogen-bond acceptors (Lipinski definition) is 5. The maximum absolute atomic E-state index is 13.0. The van der Waals surface area contributed by atoms with Crippen molar-refractivity contribution in [1.29, 1.82) is 0 Å². The highest BCUT2D eigenvalue weighted by Gasteiger charge is 2.29. The first-order chi connectivity index (χ1) is 12.8. The number of benzene rings is 1. The monoisotopic (exact) mass is 358 g/mol. The second-order valence-corrected chi connectivity index (χ2v) is 7.07. The van der Waals surface area contributed by atoms with Crippen LogP contribution in [0.4, 0.5) is 0 Å². The second kappa shape index (κ2) is 7.78. The number of amides is 1. The molecular formula is C20H26N2O4. The van der Waals surface area contributed by atoms with Crippen LogP contribution in [0, 0.1) is 0 Å². The van der Waals surface area contributed by atoms with Crippen LogP contribution in [0.2, 0.25) is 0 Å². The molecular weight excluding hydrogens is 332 g/mol. The van der Waals surface area contributed by atoms with Crippen molar-refractivity contribution in [3.8, 4) is 0 Å². The predicted octanol–water partition coefficient (Wildman–Crippen LogP) is 2.52. The van der Waals surface area contributed by atoms with Crippen LogP contribution in [0.15, 0.2) is 28.7 Å². The molecule has 1 atom stereocenters. The highest BCUT2D eigenvalue weighted by atomic mass is 16.5. The van der Waals surface area contributed by atoms with Gasteiger partial charge in [-0.15, -0.1) is 0 Å². The third-order valence-corrected chi connectivity index (χ3v) is 5.33. The number of rotatable bonds is 5. The average Bonchev–Trinajstić information content (AvgIpc) is 3.30. The van der Waals surface area contributed by atoms with Crippen LogP contribution in [0.5, 0.6) is 0 Å². The lowest BCUT2D eigenvalue weighted by Crippen LogP contribution is -2.50. The van der Waals surface area contributed by atoms with Crippen LogP contribution in [-0.4, -0.2) is 68.3 Å². The Kier molecular flexibility index (Phi) is 5.24. The van der Waals surface area contributed by atoms with Gasteiger partial charge in [-0.05, 0) is 18.9 Å². The summed E-state index contributed by atoms with van der Waals surface area (Å²) in [7, 11) is 1.64. The Morgan fingerprint density at radius 3 is 2.77 bits per heavy atom. The largest absolute Gasteiger partial charge is 0.451 e. The fraction of sp³-hybridized carbons (Fsp3) is 0.550. The minimum absolute atomic E-state index is 0.0370. The number of furan rings is 1. The molecule has 2 fully saturated rings. The number of para-hydroxylation sites is 1. The van der Waals surface area contributed by atoms with Gasteiger partial charge in [0.05, 0.1) is 12.7 Å². The molecule has 1 unspecified atom stereocenters. The maximum atomic E-state index is 13.0. The van der Waals surface area contributed by atoms with Gasteiger partial charge in [-0.25, -0.2) is 0 Å². The van der Waals surface area contributed by atoms with Gasteiger partial charge in [0.1, 0.15) is 5.58 Å². The Bertz CT molecular complexity index is 758. The summed E-state index contributed by atoms with van der Waals surface area (Å²) >= 11 is 0. The molecule has 0 N–H and O–H groups in total. The molecule has 0 bridgehead atoms. The molecule has 6 heteroatoms. The third kappa shape index (κ3) is 3.49. The topological polar surface area (TPSA) is 55.2 Å². The zero-order valence-electron chi connectivity index (χ0n) is 15.3. The van der Waals surface area contributed by atoms with Gasteiger partial charge >= 0.3 is 0 Å². The fourth-order valence-electron chi connectivity index (χ4n) is 3.91. The average molecular weight is 358 g/mol. The Balaban J connectivity index is 1.45. The lowest BCUT2D eigenvalue weighted by molar-refractivity contribution is 0.0415. The number of nitrogens with zero attached hydrogens (tertiary/aromatic N) is 2. The summed E-state index contributed by atoms with van der Waals surface area (Å²) in [4.78, 5) is 17.3. The van der Waals surface area contributed by atoms with E-state index in [4.69, 9.17) is 13.9 Å². The van der Waals surface area contributed by atoms with Crippen LogP contribution < -0.4 is 0 Å². The molecule has 1 aromatic heterocycles. The zero-order chi connectivity index (χ0) is 17.9. The lowest BCUT2D eigenvalue weighted by atomic mass is 10.1. The van der Waals surface area contributed by atoms with E-state index >= 15 is 0 Å². The molecule has 3 heterocycles. The van der Waals surface area contributed by atoms with E-state index < -0.39 is 0 Å². The summed E-state index contributed by atoms with van der Waals surface area (Å²) in [5.41, 5.74) is 1.58. The predicted molar refractivity (Wildman–Crippen MR) is 98.2 cm³/mol. The van der Waals surface area contributed by atoms with Gasteiger partial charge in [-0.2, -0.15) is 0 Å². The van der Waals surface area contributed by atoms with Crippen LogP contribution in [0.25, 0.3) is 11.0 Å². The van der Waals surface area contributed by atoms with Gasteiger partial charge in [0.25, 0.3) is 5.91 Å². The summed E-state index contributed by atoms with van der Waals surface area (Å²) in [5, 5.41) is 0.953. The van der Waals surface area contributed by atoms with Crippen molar-refractivity contribution < 1.29 is 18.7 Å².